The predicted molar refractivity (Wildman–Crippen MR) is 125 cm³/mol. The Morgan fingerprint density at radius 1 is 1.36 bits per heavy atom. The Morgan fingerprint density at radius 3 is 2.93 bits per heavy atom. The minimum absolute atomic E-state index is 0. The lowest BCUT2D eigenvalue weighted by atomic mass is 10.1. The van der Waals surface area contributed by atoms with Gasteiger partial charge in [0.1, 0.15) is 12.2 Å². The fraction of sp³-hybridized carbons (Fsp3) is 0.850. The fourth-order valence-corrected chi connectivity index (χ4v) is 3.32. The summed E-state index contributed by atoms with van der Waals surface area (Å²) >= 11 is 0. The number of aryl methyl sites for hydroxylation is 1. The van der Waals surface area contributed by atoms with Crippen LogP contribution in [0.25, 0.3) is 0 Å². The third-order valence-electron chi connectivity index (χ3n) is 5.06. The Hall–Kier alpha value is -0.900. The van der Waals surface area contributed by atoms with E-state index in [1.54, 1.807) is 6.33 Å². The molecule has 0 radical (unpaired) electrons. The van der Waals surface area contributed by atoms with Crippen LogP contribution in [0.4, 0.5) is 0 Å². The van der Waals surface area contributed by atoms with Gasteiger partial charge < -0.3 is 19.9 Å². The number of halogens is 1. The lowest BCUT2D eigenvalue weighted by Crippen LogP contribution is -2.43. The van der Waals surface area contributed by atoms with E-state index in [0.717, 1.165) is 57.5 Å². The van der Waals surface area contributed by atoms with Gasteiger partial charge in [-0.25, -0.2) is 0 Å². The van der Waals surface area contributed by atoms with Crippen molar-refractivity contribution in [1.82, 2.24) is 25.4 Å². The van der Waals surface area contributed by atoms with Crippen LogP contribution in [0.15, 0.2) is 11.3 Å². The number of hydrogen-bond donors (Lipinski definition) is 2. The lowest BCUT2D eigenvalue weighted by molar-refractivity contribution is 0.187. The van der Waals surface area contributed by atoms with Crippen LogP contribution < -0.4 is 10.6 Å². The van der Waals surface area contributed by atoms with Crippen LogP contribution in [0.2, 0.25) is 0 Å². The zero-order chi connectivity index (χ0) is 19.3. The molecule has 0 spiro atoms. The molecule has 1 aliphatic heterocycles. The molecule has 1 aliphatic rings. The van der Waals surface area contributed by atoms with Crippen molar-refractivity contribution in [2.24, 2.45) is 10.9 Å². The molecule has 1 aromatic heterocycles. The third kappa shape index (κ3) is 9.54. The summed E-state index contributed by atoms with van der Waals surface area (Å²) < 4.78 is 7.58. The largest absolute Gasteiger partial charge is 0.381 e. The maximum absolute atomic E-state index is 5.47. The van der Waals surface area contributed by atoms with Crippen LogP contribution in [0, 0.1) is 5.92 Å². The van der Waals surface area contributed by atoms with Crippen molar-refractivity contribution in [2.75, 3.05) is 26.3 Å². The van der Waals surface area contributed by atoms with Crippen LogP contribution >= 0.6 is 24.0 Å². The standard InChI is InChI=1S/C20H38N6O.HI/c1-4-6-7-8-9-17(3)24-20(22-14-18-10-13-27-15-18)21-11-12-26-16-23-25-19(26)5-2;/h16-18H,4-15H2,1-3H3,(H2,21,22,24);1H. The zero-order valence-corrected chi connectivity index (χ0v) is 20.2. The van der Waals surface area contributed by atoms with E-state index < -0.39 is 0 Å². The summed E-state index contributed by atoms with van der Waals surface area (Å²) in [5, 5.41) is 15.2. The highest BCUT2D eigenvalue weighted by atomic mass is 127. The molecule has 0 saturated carbocycles. The second-order valence-electron chi connectivity index (χ2n) is 7.53. The lowest BCUT2D eigenvalue weighted by Gasteiger charge is -2.19. The highest BCUT2D eigenvalue weighted by Crippen LogP contribution is 2.12. The zero-order valence-electron chi connectivity index (χ0n) is 17.8. The number of guanidine groups is 1. The summed E-state index contributed by atoms with van der Waals surface area (Å²) in [5.74, 6) is 2.49. The Bertz CT molecular complexity index is 545. The van der Waals surface area contributed by atoms with Gasteiger partial charge in [-0.2, -0.15) is 0 Å². The molecule has 2 heterocycles. The number of ether oxygens (including phenoxy) is 1. The van der Waals surface area contributed by atoms with Crippen LogP contribution in [0.1, 0.15) is 65.1 Å². The maximum atomic E-state index is 5.47. The summed E-state index contributed by atoms with van der Waals surface area (Å²) in [6.45, 7) is 10.8. The van der Waals surface area contributed by atoms with Crippen molar-refractivity contribution in [3.8, 4) is 0 Å². The smallest absolute Gasteiger partial charge is 0.191 e. The van der Waals surface area contributed by atoms with Crippen LogP contribution in [0.3, 0.4) is 0 Å². The molecule has 1 aromatic rings. The van der Waals surface area contributed by atoms with Gasteiger partial charge in [0.05, 0.1) is 6.61 Å². The molecule has 1 saturated heterocycles. The number of aromatic nitrogens is 3. The van der Waals surface area contributed by atoms with Gasteiger partial charge in [0.25, 0.3) is 0 Å². The number of aliphatic imine (C=N–C) groups is 1. The van der Waals surface area contributed by atoms with Crippen molar-refractivity contribution >= 4 is 29.9 Å². The molecule has 8 heteroatoms. The first-order chi connectivity index (χ1) is 13.2. The number of nitrogens with zero attached hydrogens (tertiary/aromatic N) is 4. The maximum Gasteiger partial charge on any atom is 0.191 e. The molecule has 2 unspecified atom stereocenters. The molecule has 2 rings (SSSR count). The molecule has 0 aliphatic carbocycles. The van der Waals surface area contributed by atoms with Crippen molar-refractivity contribution in [3.05, 3.63) is 12.2 Å². The summed E-state index contributed by atoms with van der Waals surface area (Å²) in [5.41, 5.74) is 0. The van der Waals surface area contributed by atoms with E-state index >= 15 is 0 Å². The van der Waals surface area contributed by atoms with Gasteiger partial charge in [-0.3, -0.25) is 4.99 Å². The number of nitrogens with one attached hydrogen (secondary N) is 2. The van der Waals surface area contributed by atoms with Gasteiger partial charge in [0.2, 0.25) is 0 Å². The van der Waals surface area contributed by atoms with E-state index in [-0.39, 0.29) is 24.0 Å². The van der Waals surface area contributed by atoms with Crippen molar-refractivity contribution in [1.29, 1.82) is 0 Å². The Kier molecular flexibility index (Phi) is 13.5. The molecular weight excluding hydrogens is 467 g/mol. The summed E-state index contributed by atoms with van der Waals surface area (Å²) in [6.07, 6.45) is 10.2. The second-order valence-corrected chi connectivity index (χ2v) is 7.53. The van der Waals surface area contributed by atoms with Gasteiger partial charge in [-0.05, 0) is 19.8 Å². The minimum atomic E-state index is 0. The summed E-state index contributed by atoms with van der Waals surface area (Å²) in [7, 11) is 0. The highest BCUT2D eigenvalue weighted by Gasteiger charge is 2.15. The Morgan fingerprint density at radius 2 is 2.21 bits per heavy atom. The van der Waals surface area contributed by atoms with Crippen molar-refractivity contribution in [2.45, 2.75) is 78.3 Å². The monoisotopic (exact) mass is 506 g/mol. The van der Waals surface area contributed by atoms with E-state index in [4.69, 9.17) is 9.73 Å². The van der Waals surface area contributed by atoms with E-state index in [1.807, 2.05) is 0 Å². The van der Waals surface area contributed by atoms with Gasteiger partial charge in [-0.1, -0.05) is 39.5 Å². The van der Waals surface area contributed by atoms with Gasteiger partial charge >= 0.3 is 0 Å². The van der Waals surface area contributed by atoms with E-state index in [0.29, 0.717) is 12.0 Å². The highest BCUT2D eigenvalue weighted by molar-refractivity contribution is 14.0. The first-order valence-electron chi connectivity index (χ1n) is 10.7. The third-order valence-corrected chi connectivity index (χ3v) is 5.06. The number of hydrogen-bond acceptors (Lipinski definition) is 4. The van der Waals surface area contributed by atoms with Crippen molar-refractivity contribution in [3.63, 3.8) is 0 Å². The van der Waals surface area contributed by atoms with E-state index in [1.165, 1.54) is 32.1 Å². The number of unbranched alkanes of at least 4 members (excludes halogenated alkanes) is 3. The summed E-state index contributed by atoms with van der Waals surface area (Å²) in [6, 6.07) is 0.425. The number of rotatable bonds is 12. The molecule has 162 valence electrons. The first kappa shape index (κ1) is 25.1. The first-order valence-corrected chi connectivity index (χ1v) is 10.7. The molecule has 28 heavy (non-hydrogen) atoms. The quantitative estimate of drug-likeness (QED) is 0.197. The normalized spacial score (nSPS) is 18.0. The van der Waals surface area contributed by atoms with Crippen LogP contribution in [0.5, 0.6) is 0 Å². The molecular formula is C20H39IN6O. The molecule has 0 aromatic carbocycles. The second kappa shape index (κ2) is 15.0. The average Bonchev–Trinajstić information content (AvgIpc) is 3.34. The van der Waals surface area contributed by atoms with Gasteiger partial charge in [0, 0.05) is 44.6 Å². The summed E-state index contributed by atoms with van der Waals surface area (Å²) in [4.78, 5) is 4.83. The SMILES string of the molecule is CCCCCCC(C)NC(=NCC1CCOC1)NCCn1cnnc1CC.I. The van der Waals surface area contributed by atoms with Gasteiger partial charge in [0.15, 0.2) is 5.96 Å². The molecule has 0 bridgehead atoms. The predicted octanol–water partition coefficient (Wildman–Crippen LogP) is 3.39. The van der Waals surface area contributed by atoms with Crippen LogP contribution in [-0.4, -0.2) is 53.1 Å². The molecule has 1 fully saturated rings. The Balaban J connectivity index is 0.00000392. The molecule has 2 atom stereocenters. The van der Waals surface area contributed by atoms with Gasteiger partial charge in [-0.15, -0.1) is 34.2 Å². The Labute approximate surface area is 187 Å². The van der Waals surface area contributed by atoms with E-state index in [2.05, 4.69) is 46.2 Å². The fourth-order valence-electron chi connectivity index (χ4n) is 3.32. The van der Waals surface area contributed by atoms with Crippen molar-refractivity contribution < 1.29 is 4.74 Å². The minimum Gasteiger partial charge on any atom is -0.381 e. The average molecular weight is 506 g/mol. The van der Waals surface area contributed by atoms with E-state index in [9.17, 15) is 0 Å². The van der Waals surface area contributed by atoms with Crippen LogP contribution in [-0.2, 0) is 17.7 Å². The molecule has 2 N–H and O–H groups in total. The topological polar surface area (TPSA) is 76.4 Å². The molecule has 0 amide bonds. The molecule has 7 nitrogen and oxygen atoms in total.